The van der Waals surface area contributed by atoms with Crippen molar-refractivity contribution in [3.63, 3.8) is 0 Å². The zero-order chi connectivity index (χ0) is 27.7. The van der Waals surface area contributed by atoms with Crippen molar-refractivity contribution >= 4 is 14.9 Å². The minimum absolute atomic E-state index is 0.0699. The molecule has 2 aromatic carbocycles. The fraction of sp³-hybridized carbons (Fsp3) is 0.433. The van der Waals surface area contributed by atoms with E-state index in [9.17, 15) is 13.6 Å². The van der Waals surface area contributed by atoms with Crippen LogP contribution in [0.4, 0.5) is 13.6 Å². The SMILES string of the molecule is C[SiH](C)CCOC(=O)NCCCNC(c1cc(-c2cc(F)ccc2F)cn1Cc1ccccc1)C(C)(C)C. The third-order valence-electron chi connectivity index (χ3n) is 6.43. The minimum atomic E-state index is -0.734. The molecule has 8 heteroatoms. The highest BCUT2D eigenvalue weighted by atomic mass is 28.3. The van der Waals surface area contributed by atoms with Crippen LogP contribution in [-0.4, -0.2) is 39.2 Å². The zero-order valence-corrected chi connectivity index (χ0v) is 24.3. The first-order valence-electron chi connectivity index (χ1n) is 13.4. The van der Waals surface area contributed by atoms with Gasteiger partial charge in [-0.2, -0.15) is 0 Å². The molecule has 0 radical (unpaired) electrons. The summed E-state index contributed by atoms with van der Waals surface area (Å²) < 4.78 is 36.1. The molecule has 38 heavy (non-hydrogen) atoms. The number of amides is 1. The van der Waals surface area contributed by atoms with Gasteiger partial charge in [0.15, 0.2) is 0 Å². The summed E-state index contributed by atoms with van der Waals surface area (Å²) in [4.78, 5) is 11.9. The molecule has 3 rings (SSSR count). The van der Waals surface area contributed by atoms with E-state index in [0.29, 0.717) is 31.8 Å². The Morgan fingerprint density at radius 3 is 2.47 bits per heavy atom. The van der Waals surface area contributed by atoms with E-state index < -0.39 is 20.4 Å². The van der Waals surface area contributed by atoms with Crippen molar-refractivity contribution in [2.24, 2.45) is 5.41 Å². The van der Waals surface area contributed by atoms with Crippen molar-refractivity contribution < 1.29 is 18.3 Å². The molecule has 1 unspecified atom stereocenters. The van der Waals surface area contributed by atoms with Crippen LogP contribution in [0.3, 0.4) is 0 Å². The first kappa shape index (κ1) is 29.6. The maximum Gasteiger partial charge on any atom is 0.407 e. The molecule has 5 nitrogen and oxygen atoms in total. The standard InChI is InChI=1S/C30H41F2N3O2Si/c1-30(2,3)28(33-14-9-15-34-29(36)37-16-17-38(4)5)27-18-23(25-19-24(31)12-13-26(25)32)21-35(27)20-22-10-7-6-8-11-22/h6-8,10-13,18-19,21,28,33,38H,9,14-17,20H2,1-5H3,(H,34,36). The fourth-order valence-electron chi connectivity index (χ4n) is 4.37. The summed E-state index contributed by atoms with van der Waals surface area (Å²) in [7, 11) is -0.734. The van der Waals surface area contributed by atoms with Gasteiger partial charge in [0.25, 0.3) is 0 Å². The number of alkyl carbamates (subject to hydrolysis) is 1. The van der Waals surface area contributed by atoms with Gasteiger partial charge in [0, 0.05) is 44.9 Å². The van der Waals surface area contributed by atoms with Crippen molar-refractivity contribution in [3.05, 3.63) is 83.7 Å². The second-order valence-electron chi connectivity index (χ2n) is 11.2. The first-order chi connectivity index (χ1) is 18.0. The molecule has 0 aliphatic rings. The number of nitrogens with one attached hydrogen (secondary N) is 2. The van der Waals surface area contributed by atoms with Crippen molar-refractivity contribution in [3.8, 4) is 11.1 Å². The van der Waals surface area contributed by atoms with Crippen LogP contribution in [0, 0.1) is 17.0 Å². The summed E-state index contributed by atoms with van der Waals surface area (Å²) in [6.45, 7) is 13.2. The summed E-state index contributed by atoms with van der Waals surface area (Å²) in [6, 6.07) is 16.5. The summed E-state index contributed by atoms with van der Waals surface area (Å²) in [5.41, 5.74) is 2.82. The number of carbonyl (C=O) groups is 1. The van der Waals surface area contributed by atoms with Crippen molar-refractivity contribution in [2.45, 2.75) is 58.9 Å². The van der Waals surface area contributed by atoms with Crippen LogP contribution in [0.2, 0.25) is 19.1 Å². The Bertz CT molecular complexity index is 1180. The van der Waals surface area contributed by atoms with Gasteiger partial charge >= 0.3 is 6.09 Å². The molecule has 0 spiro atoms. The number of hydrogen-bond donors (Lipinski definition) is 2. The number of nitrogens with zero attached hydrogens (tertiary/aromatic N) is 1. The van der Waals surface area contributed by atoms with Crippen molar-refractivity contribution in [1.29, 1.82) is 0 Å². The Morgan fingerprint density at radius 2 is 1.79 bits per heavy atom. The smallest absolute Gasteiger partial charge is 0.407 e. The van der Waals surface area contributed by atoms with Gasteiger partial charge in [0.2, 0.25) is 0 Å². The molecule has 0 fully saturated rings. The van der Waals surface area contributed by atoms with Gasteiger partial charge in [-0.25, -0.2) is 13.6 Å². The summed E-state index contributed by atoms with van der Waals surface area (Å²) in [5, 5.41) is 6.47. The fourth-order valence-corrected chi connectivity index (χ4v) is 4.96. The second-order valence-corrected chi connectivity index (χ2v) is 14.6. The average Bonchev–Trinajstić information content (AvgIpc) is 3.25. The summed E-state index contributed by atoms with van der Waals surface area (Å²) in [6.07, 6.45) is 2.26. The van der Waals surface area contributed by atoms with Crippen molar-refractivity contribution in [1.82, 2.24) is 15.2 Å². The highest BCUT2D eigenvalue weighted by molar-refractivity contribution is 6.55. The molecule has 3 aromatic rings. The molecule has 1 amide bonds. The maximum atomic E-state index is 14.7. The highest BCUT2D eigenvalue weighted by Crippen LogP contribution is 2.37. The number of hydrogen-bond acceptors (Lipinski definition) is 3. The van der Waals surface area contributed by atoms with Crippen LogP contribution in [0.5, 0.6) is 0 Å². The number of ether oxygens (including phenoxy) is 1. The number of halogens is 2. The maximum absolute atomic E-state index is 14.7. The second kappa shape index (κ2) is 13.7. The summed E-state index contributed by atoms with van der Waals surface area (Å²) in [5.74, 6) is -0.926. The van der Waals surface area contributed by atoms with Crippen LogP contribution < -0.4 is 10.6 Å². The van der Waals surface area contributed by atoms with E-state index in [4.69, 9.17) is 4.74 Å². The Kier molecular flexibility index (Phi) is 10.7. The van der Waals surface area contributed by atoms with E-state index in [-0.39, 0.29) is 23.1 Å². The molecule has 2 N–H and O–H groups in total. The van der Waals surface area contributed by atoms with Gasteiger partial charge in [-0.15, -0.1) is 0 Å². The molecule has 1 atom stereocenters. The number of benzene rings is 2. The molecule has 0 saturated heterocycles. The monoisotopic (exact) mass is 541 g/mol. The predicted octanol–water partition coefficient (Wildman–Crippen LogP) is 6.76. The van der Waals surface area contributed by atoms with Gasteiger partial charge in [-0.05, 0) is 54.3 Å². The van der Waals surface area contributed by atoms with E-state index in [2.05, 4.69) is 61.2 Å². The topological polar surface area (TPSA) is 55.3 Å². The Morgan fingerprint density at radius 1 is 1.05 bits per heavy atom. The van der Waals surface area contributed by atoms with E-state index in [1.165, 1.54) is 12.1 Å². The van der Waals surface area contributed by atoms with Crippen LogP contribution in [0.25, 0.3) is 11.1 Å². The van der Waals surface area contributed by atoms with Crippen LogP contribution in [-0.2, 0) is 11.3 Å². The molecule has 0 saturated carbocycles. The average molecular weight is 542 g/mol. The summed E-state index contributed by atoms with van der Waals surface area (Å²) >= 11 is 0. The Balaban J connectivity index is 1.77. The zero-order valence-electron chi connectivity index (χ0n) is 23.2. The van der Waals surface area contributed by atoms with E-state index in [1.54, 1.807) is 0 Å². The first-order valence-corrected chi connectivity index (χ1v) is 16.5. The largest absolute Gasteiger partial charge is 0.450 e. The normalized spacial score (nSPS) is 12.5. The minimum Gasteiger partial charge on any atom is -0.450 e. The van der Waals surface area contributed by atoms with Crippen LogP contribution >= 0.6 is 0 Å². The van der Waals surface area contributed by atoms with Gasteiger partial charge in [-0.1, -0.05) is 64.2 Å². The predicted molar refractivity (Wildman–Crippen MR) is 153 cm³/mol. The van der Waals surface area contributed by atoms with E-state index in [0.717, 1.165) is 29.8 Å². The lowest BCUT2D eigenvalue weighted by molar-refractivity contribution is 0.151. The molecule has 206 valence electrons. The van der Waals surface area contributed by atoms with E-state index >= 15 is 0 Å². The molecular weight excluding hydrogens is 500 g/mol. The highest BCUT2D eigenvalue weighted by Gasteiger charge is 2.29. The third-order valence-corrected chi connectivity index (χ3v) is 7.82. The number of aromatic nitrogens is 1. The molecule has 0 bridgehead atoms. The quantitative estimate of drug-likeness (QED) is 0.197. The number of rotatable bonds is 12. The van der Waals surface area contributed by atoms with Crippen LogP contribution in [0.1, 0.15) is 44.5 Å². The van der Waals surface area contributed by atoms with Gasteiger partial charge in [0.05, 0.1) is 12.6 Å². The van der Waals surface area contributed by atoms with E-state index in [1.807, 2.05) is 30.5 Å². The Hall–Kier alpha value is -2.97. The van der Waals surface area contributed by atoms with Crippen molar-refractivity contribution in [2.75, 3.05) is 19.7 Å². The van der Waals surface area contributed by atoms with Gasteiger partial charge in [0.1, 0.15) is 11.6 Å². The molecule has 0 aliphatic carbocycles. The van der Waals surface area contributed by atoms with Gasteiger partial charge < -0.3 is 19.9 Å². The molecule has 1 heterocycles. The number of carbonyl (C=O) groups excluding carboxylic acids is 1. The third kappa shape index (κ3) is 8.81. The van der Waals surface area contributed by atoms with Crippen LogP contribution in [0.15, 0.2) is 60.8 Å². The Labute approximate surface area is 227 Å². The molecule has 1 aromatic heterocycles. The lowest BCUT2D eigenvalue weighted by Gasteiger charge is -2.33. The lowest BCUT2D eigenvalue weighted by Crippen LogP contribution is -2.36. The van der Waals surface area contributed by atoms with Gasteiger partial charge in [-0.3, -0.25) is 0 Å². The molecule has 0 aliphatic heterocycles. The lowest BCUT2D eigenvalue weighted by atomic mass is 9.84. The molecular formula is C30H41F2N3O2Si.